The lowest BCUT2D eigenvalue weighted by atomic mass is 9.66. The molecule has 10 aromatic carbocycles. The van der Waals surface area contributed by atoms with Gasteiger partial charge in [-0.05, 0) is 105 Å². The van der Waals surface area contributed by atoms with Crippen LogP contribution in [0, 0.1) is 0 Å². The lowest BCUT2D eigenvalue weighted by molar-refractivity contribution is 0.436. The third kappa shape index (κ3) is 4.79. The van der Waals surface area contributed by atoms with E-state index in [1.165, 1.54) is 55.6 Å². The van der Waals surface area contributed by atoms with Crippen molar-refractivity contribution in [1.29, 1.82) is 0 Å². The van der Waals surface area contributed by atoms with Gasteiger partial charge in [-0.25, -0.2) is 0 Å². The Morgan fingerprint density at radius 2 is 0.692 bits per heavy atom. The van der Waals surface area contributed by atoms with E-state index in [9.17, 15) is 0 Å². The summed E-state index contributed by atoms with van der Waals surface area (Å²) in [5, 5.41) is 0. The summed E-state index contributed by atoms with van der Waals surface area (Å²) in [6, 6.07) is 86.1. The van der Waals surface area contributed by atoms with Gasteiger partial charge in [0.15, 0.2) is 0 Å². The highest BCUT2D eigenvalue weighted by molar-refractivity contribution is 5.99. The molecule has 0 fully saturated rings. The predicted octanol–water partition coefficient (Wildman–Crippen LogP) is 15.8. The van der Waals surface area contributed by atoms with Gasteiger partial charge in [0, 0.05) is 39.2 Å². The van der Waals surface area contributed by atoms with Crippen LogP contribution in [0.5, 0.6) is 23.0 Å². The molecule has 0 aromatic heterocycles. The van der Waals surface area contributed by atoms with Crippen molar-refractivity contribution in [1.82, 2.24) is 0 Å². The third-order valence-electron chi connectivity index (χ3n) is 14.4. The van der Waals surface area contributed by atoms with Gasteiger partial charge in [0.05, 0.1) is 16.5 Å². The Bertz CT molecular complexity index is 3480. The molecule has 0 unspecified atom stereocenters. The van der Waals surface area contributed by atoms with E-state index in [-0.39, 0.29) is 0 Å². The van der Waals surface area contributed by atoms with Crippen molar-refractivity contribution >= 4 is 17.1 Å². The van der Waals surface area contributed by atoms with Crippen molar-refractivity contribution in [3.05, 3.63) is 281 Å². The average Bonchev–Trinajstić information content (AvgIpc) is 3.84. The van der Waals surface area contributed by atoms with E-state index >= 15 is 0 Å². The Labute approximate surface area is 378 Å². The number of nitrogens with zero attached hydrogens (tertiary/aromatic N) is 1. The molecule has 2 spiro atoms. The lowest BCUT2D eigenvalue weighted by Crippen LogP contribution is -2.32. The van der Waals surface area contributed by atoms with Crippen LogP contribution in [0.1, 0.15) is 44.5 Å². The maximum absolute atomic E-state index is 6.94. The van der Waals surface area contributed by atoms with Gasteiger partial charge < -0.3 is 14.4 Å². The molecule has 0 N–H and O–H groups in total. The quantitative estimate of drug-likeness (QED) is 0.176. The first-order valence-electron chi connectivity index (χ1n) is 22.4. The summed E-state index contributed by atoms with van der Waals surface area (Å²) in [5.74, 6) is 3.50. The highest BCUT2D eigenvalue weighted by atomic mass is 16.5. The van der Waals surface area contributed by atoms with E-state index in [1.807, 2.05) is 0 Å². The fourth-order valence-corrected chi connectivity index (χ4v) is 11.9. The molecule has 2 aliphatic carbocycles. The van der Waals surface area contributed by atoms with Crippen LogP contribution < -0.4 is 14.4 Å². The second-order valence-electron chi connectivity index (χ2n) is 17.5. The summed E-state index contributed by atoms with van der Waals surface area (Å²) in [4.78, 5) is 2.47. The Morgan fingerprint density at radius 3 is 1.28 bits per heavy atom. The molecule has 304 valence electrons. The number of ether oxygens (including phenoxy) is 2. The van der Waals surface area contributed by atoms with Gasteiger partial charge in [0.25, 0.3) is 0 Å². The van der Waals surface area contributed by atoms with Crippen molar-refractivity contribution in [2.24, 2.45) is 0 Å². The number of anilines is 3. The maximum Gasteiger partial charge on any atom is 0.132 e. The second-order valence-corrected chi connectivity index (χ2v) is 17.5. The van der Waals surface area contributed by atoms with E-state index in [2.05, 4.69) is 241 Å². The molecule has 0 amide bonds. The molecule has 0 bridgehead atoms. The normalized spacial score (nSPS) is 14.3. The molecular formula is C62H39NO2. The largest absolute Gasteiger partial charge is 0.457 e. The van der Waals surface area contributed by atoms with E-state index in [0.29, 0.717) is 0 Å². The van der Waals surface area contributed by atoms with E-state index in [4.69, 9.17) is 9.47 Å². The van der Waals surface area contributed by atoms with Crippen molar-refractivity contribution in [3.63, 3.8) is 0 Å². The standard InChI is InChI=1S/C62H39NO2/c1-2-17-40(18-3-1)41-33-35-42(36-34-41)63(43-37-38-59-54(39-43)61(50-25-10-13-30-56(50)65-59)47-22-7-4-19-44(47)45-20-5-8-23-48(45)61)55-29-16-28-53-60(55)46-21-6-9-24-49(46)62(53)51-26-11-14-31-57(51)64-58-32-15-12-27-52(58)62/h1-39H. The van der Waals surface area contributed by atoms with Crippen LogP contribution in [0.4, 0.5) is 17.1 Å². The molecule has 0 radical (unpaired) electrons. The number of hydrogen-bond acceptors (Lipinski definition) is 3. The summed E-state index contributed by atoms with van der Waals surface area (Å²) in [6.45, 7) is 0. The summed E-state index contributed by atoms with van der Waals surface area (Å²) >= 11 is 0. The maximum atomic E-state index is 6.94. The third-order valence-corrected chi connectivity index (χ3v) is 14.4. The SMILES string of the molecule is c1ccc(-c2ccc(N(c3ccc4c(c3)C3(c5ccccc5O4)c4ccccc4-c4ccccc43)c3cccc4c3-c3ccccc3C43c4ccccc4Oc4ccccc43)cc2)cc1. The van der Waals surface area contributed by atoms with Gasteiger partial charge in [-0.3, -0.25) is 0 Å². The molecule has 3 heteroatoms. The first kappa shape index (κ1) is 36.1. The first-order valence-corrected chi connectivity index (χ1v) is 22.4. The van der Waals surface area contributed by atoms with Crippen LogP contribution in [0.3, 0.4) is 0 Å². The van der Waals surface area contributed by atoms with Crippen LogP contribution in [0.15, 0.2) is 237 Å². The van der Waals surface area contributed by atoms with Gasteiger partial charge in [0.2, 0.25) is 0 Å². The smallest absolute Gasteiger partial charge is 0.132 e. The van der Waals surface area contributed by atoms with E-state index in [0.717, 1.165) is 62.3 Å². The van der Waals surface area contributed by atoms with E-state index < -0.39 is 10.8 Å². The summed E-state index contributed by atoms with van der Waals surface area (Å²) in [6.07, 6.45) is 0. The molecule has 0 saturated heterocycles. The topological polar surface area (TPSA) is 21.7 Å². The molecule has 14 rings (SSSR count). The van der Waals surface area contributed by atoms with E-state index in [1.54, 1.807) is 0 Å². The van der Waals surface area contributed by atoms with Gasteiger partial charge in [0.1, 0.15) is 23.0 Å². The highest BCUT2D eigenvalue weighted by Gasteiger charge is 2.53. The number of fused-ring (bicyclic) bond motifs is 18. The van der Waals surface area contributed by atoms with Crippen molar-refractivity contribution in [2.75, 3.05) is 4.90 Å². The number of hydrogen-bond donors (Lipinski definition) is 0. The Kier molecular flexibility index (Phi) is 7.53. The Hall–Kier alpha value is -8.40. The molecule has 2 aliphatic heterocycles. The fraction of sp³-hybridized carbons (Fsp3) is 0.0323. The monoisotopic (exact) mass is 829 g/mol. The molecule has 3 nitrogen and oxygen atoms in total. The second kappa shape index (κ2) is 13.6. The molecule has 0 saturated carbocycles. The van der Waals surface area contributed by atoms with Crippen LogP contribution in [0.2, 0.25) is 0 Å². The zero-order valence-electron chi connectivity index (χ0n) is 35.3. The van der Waals surface area contributed by atoms with Crippen LogP contribution >= 0.6 is 0 Å². The number of para-hydroxylation sites is 3. The van der Waals surface area contributed by atoms with Crippen molar-refractivity contribution in [2.45, 2.75) is 10.8 Å². The van der Waals surface area contributed by atoms with Crippen molar-refractivity contribution < 1.29 is 9.47 Å². The zero-order chi connectivity index (χ0) is 42.7. The highest BCUT2D eigenvalue weighted by Crippen LogP contribution is 2.66. The molecule has 4 aliphatic rings. The zero-order valence-corrected chi connectivity index (χ0v) is 35.3. The summed E-state index contributed by atoms with van der Waals surface area (Å²) in [7, 11) is 0. The van der Waals surface area contributed by atoms with Crippen LogP contribution in [-0.2, 0) is 10.8 Å². The van der Waals surface area contributed by atoms with Gasteiger partial charge in [-0.1, -0.05) is 182 Å². The molecule has 65 heavy (non-hydrogen) atoms. The number of rotatable bonds is 4. The summed E-state index contributed by atoms with van der Waals surface area (Å²) in [5.41, 5.74) is 18.8. The molecule has 2 heterocycles. The van der Waals surface area contributed by atoms with Gasteiger partial charge in [-0.15, -0.1) is 0 Å². The lowest BCUT2D eigenvalue weighted by Gasteiger charge is -2.40. The minimum absolute atomic E-state index is 0.606. The van der Waals surface area contributed by atoms with Gasteiger partial charge in [-0.2, -0.15) is 0 Å². The Morgan fingerprint density at radius 1 is 0.277 bits per heavy atom. The number of benzene rings is 10. The Balaban J connectivity index is 1.06. The van der Waals surface area contributed by atoms with Crippen LogP contribution in [-0.4, -0.2) is 0 Å². The minimum Gasteiger partial charge on any atom is -0.457 e. The molecular weight excluding hydrogens is 791 g/mol. The van der Waals surface area contributed by atoms with Crippen molar-refractivity contribution in [3.8, 4) is 56.4 Å². The molecule has 10 aromatic rings. The minimum atomic E-state index is -0.610. The average molecular weight is 830 g/mol. The van der Waals surface area contributed by atoms with Crippen LogP contribution in [0.25, 0.3) is 33.4 Å². The summed E-state index contributed by atoms with van der Waals surface area (Å²) < 4.78 is 13.6. The molecule has 0 atom stereocenters. The first-order chi connectivity index (χ1) is 32.2. The predicted molar refractivity (Wildman–Crippen MR) is 261 cm³/mol. The van der Waals surface area contributed by atoms with Gasteiger partial charge >= 0.3 is 0 Å². The fourth-order valence-electron chi connectivity index (χ4n) is 11.9.